The number of nitrogens with one attached hydrogen (secondary N) is 4. The molecule has 4 rings (SSSR count). The first-order chi connectivity index (χ1) is 21.2. The number of carbonyl (C=O) groups is 4. The van der Waals surface area contributed by atoms with Crippen LogP contribution in [0.1, 0.15) is 76.3 Å². The molecule has 0 spiro atoms. The van der Waals surface area contributed by atoms with E-state index >= 15 is 0 Å². The fourth-order valence-corrected chi connectivity index (χ4v) is 5.03. The van der Waals surface area contributed by atoms with Crippen molar-refractivity contribution in [2.24, 2.45) is 0 Å². The van der Waals surface area contributed by atoms with Gasteiger partial charge in [-0.1, -0.05) is 75.9 Å². The fourth-order valence-electron chi connectivity index (χ4n) is 5.03. The molecule has 0 aliphatic heterocycles. The van der Waals surface area contributed by atoms with E-state index in [1.54, 1.807) is 12.4 Å². The first-order valence-electron chi connectivity index (χ1n) is 15.3. The number of carbonyl (C=O) groups excluding carboxylic acids is 4. The molecule has 4 N–H and O–H groups in total. The molecule has 2 amide bonds. The molecule has 0 unspecified atom stereocenters. The van der Waals surface area contributed by atoms with Crippen molar-refractivity contribution in [1.29, 1.82) is 0 Å². The van der Waals surface area contributed by atoms with E-state index in [4.69, 9.17) is 0 Å². The first-order valence-corrected chi connectivity index (χ1v) is 15.3. The van der Waals surface area contributed by atoms with E-state index in [1.165, 1.54) is 0 Å². The number of fused-ring (bicyclic) bond motifs is 2. The minimum absolute atomic E-state index is 0. The van der Waals surface area contributed by atoms with Gasteiger partial charge in [0.25, 0.3) is 0 Å². The maximum Gasteiger partial charge on any atom is 2.00 e. The summed E-state index contributed by atoms with van der Waals surface area (Å²) >= 11 is 0. The van der Waals surface area contributed by atoms with Crippen LogP contribution in [0.5, 0.6) is 0 Å². The van der Waals surface area contributed by atoms with Crippen LogP contribution >= 0.6 is 0 Å². The quantitative estimate of drug-likeness (QED) is 0.108. The monoisotopic (exact) mass is 642 g/mol. The minimum Gasteiger partial charge on any atom is -0.548 e. The number of benzene rings is 2. The molecule has 2 aromatic heterocycles. The predicted molar refractivity (Wildman–Crippen MR) is 172 cm³/mol. The van der Waals surface area contributed by atoms with Crippen molar-refractivity contribution in [3.8, 4) is 0 Å². The topological polar surface area (TPSA) is 170 Å². The molecular weight excluding hydrogens is 600 g/mol. The Morgan fingerprint density at radius 2 is 1.02 bits per heavy atom. The zero-order chi connectivity index (χ0) is 31.9. The van der Waals surface area contributed by atoms with Crippen LogP contribution in [0.2, 0.25) is 0 Å². The average molecular weight is 643 g/mol. The van der Waals surface area contributed by atoms with Crippen LogP contribution in [-0.4, -0.2) is 83.5 Å². The standard InChI is InChI=1S/2C17H22N2O3.Ca/c2*1-2-3-4-9-16(20)19-15(17(21)22)10-12-11-18-14-8-6-5-7-13(12)14;/h2*5-8,11,15,18H,2-4,9-10H2,1H3,(H,19,20)(H,21,22);/q;;+2/p-2/t2*15-;/m00./s1. The number of para-hydroxylation sites is 2. The van der Waals surface area contributed by atoms with Crippen molar-refractivity contribution in [3.05, 3.63) is 72.1 Å². The third kappa shape index (κ3) is 12.2. The summed E-state index contributed by atoms with van der Waals surface area (Å²) in [7, 11) is 0. The fraction of sp³-hybridized carbons (Fsp3) is 0.412. The molecule has 0 aliphatic rings. The molecular formula is C34H42CaN4O6. The largest absolute Gasteiger partial charge is 2.00 e. The molecule has 2 atom stereocenters. The van der Waals surface area contributed by atoms with E-state index in [1.807, 2.05) is 48.5 Å². The maximum atomic E-state index is 11.8. The molecule has 236 valence electrons. The molecule has 2 heterocycles. The van der Waals surface area contributed by atoms with Gasteiger partial charge < -0.3 is 40.4 Å². The smallest absolute Gasteiger partial charge is 0.548 e. The average Bonchev–Trinajstić information content (AvgIpc) is 3.61. The van der Waals surface area contributed by atoms with E-state index in [0.29, 0.717) is 12.8 Å². The summed E-state index contributed by atoms with van der Waals surface area (Å²) < 4.78 is 0. The van der Waals surface area contributed by atoms with Crippen LogP contribution in [0, 0.1) is 0 Å². The second kappa shape index (κ2) is 19.9. The second-order valence-corrected chi connectivity index (χ2v) is 10.9. The van der Waals surface area contributed by atoms with E-state index < -0.39 is 24.0 Å². The van der Waals surface area contributed by atoms with Crippen LogP contribution in [0.3, 0.4) is 0 Å². The molecule has 4 aromatic rings. The first kappa shape index (κ1) is 37.8. The summed E-state index contributed by atoms with van der Waals surface area (Å²) in [6.07, 6.45) is 10.2. The zero-order valence-corrected chi connectivity index (χ0v) is 28.4. The number of carboxylic acids is 2. The molecule has 0 bridgehead atoms. The summed E-state index contributed by atoms with van der Waals surface area (Å²) in [5.74, 6) is -2.98. The summed E-state index contributed by atoms with van der Waals surface area (Å²) in [4.78, 5) is 52.4. The van der Waals surface area contributed by atoms with Gasteiger partial charge in [-0.3, -0.25) is 9.59 Å². The Kier molecular flexibility index (Phi) is 16.8. The van der Waals surface area contributed by atoms with Gasteiger partial charge in [0, 0.05) is 59.9 Å². The minimum atomic E-state index is -1.26. The molecule has 0 radical (unpaired) electrons. The van der Waals surface area contributed by atoms with Crippen LogP contribution in [0.25, 0.3) is 21.8 Å². The van der Waals surface area contributed by atoms with Crippen molar-refractivity contribution < 1.29 is 29.4 Å². The molecule has 0 aliphatic carbocycles. The van der Waals surface area contributed by atoms with Crippen molar-refractivity contribution in [1.82, 2.24) is 20.6 Å². The van der Waals surface area contributed by atoms with Gasteiger partial charge in [0.1, 0.15) is 0 Å². The molecule has 10 nitrogen and oxygen atoms in total. The van der Waals surface area contributed by atoms with Crippen molar-refractivity contribution >= 4 is 83.3 Å². The molecule has 45 heavy (non-hydrogen) atoms. The number of aromatic amines is 2. The molecule has 0 fully saturated rings. The van der Waals surface area contributed by atoms with Crippen molar-refractivity contribution in [2.75, 3.05) is 0 Å². The Morgan fingerprint density at radius 1 is 0.644 bits per heavy atom. The van der Waals surface area contributed by atoms with Gasteiger partial charge >= 0.3 is 37.7 Å². The van der Waals surface area contributed by atoms with E-state index in [-0.39, 0.29) is 62.4 Å². The van der Waals surface area contributed by atoms with Gasteiger partial charge in [-0.15, -0.1) is 0 Å². The van der Waals surface area contributed by atoms with Gasteiger partial charge in [0.2, 0.25) is 11.8 Å². The number of unbranched alkanes of at least 4 members (excludes halogenated alkanes) is 4. The van der Waals surface area contributed by atoms with Gasteiger partial charge in [-0.05, 0) is 36.1 Å². The zero-order valence-electron chi connectivity index (χ0n) is 26.2. The van der Waals surface area contributed by atoms with Crippen molar-refractivity contribution in [3.63, 3.8) is 0 Å². The second-order valence-electron chi connectivity index (χ2n) is 10.9. The number of rotatable bonds is 16. The molecule has 2 aromatic carbocycles. The molecule has 11 heteroatoms. The van der Waals surface area contributed by atoms with Crippen molar-refractivity contribution in [2.45, 2.75) is 90.1 Å². The number of aliphatic carboxylic acids is 2. The Morgan fingerprint density at radius 3 is 1.38 bits per heavy atom. The van der Waals surface area contributed by atoms with Crippen LogP contribution in [0.15, 0.2) is 60.9 Å². The van der Waals surface area contributed by atoms with Crippen LogP contribution in [-0.2, 0) is 32.0 Å². The SMILES string of the molecule is CCCCCC(=O)N[C@@H](Cc1c[nH]c2ccccc12)C(=O)[O-].CCCCCC(=O)N[C@@H](Cc1c[nH]c2ccccc12)C(=O)[O-].[Ca+2]. The normalized spacial score (nSPS) is 12.0. The Hall–Kier alpha value is -3.34. The van der Waals surface area contributed by atoms with Crippen LogP contribution < -0.4 is 20.8 Å². The number of hydrogen-bond donors (Lipinski definition) is 4. The van der Waals surface area contributed by atoms with E-state index in [0.717, 1.165) is 71.5 Å². The Bertz CT molecular complexity index is 1420. The summed E-state index contributed by atoms with van der Waals surface area (Å²) in [6.45, 7) is 4.11. The summed E-state index contributed by atoms with van der Waals surface area (Å²) in [6, 6.07) is 13.3. The Labute approximate surface area is 293 Å². The van der Waals surface area contributed by atoms with E-state index in [9.17, 15) is 29.4 Å². The Balaban J connectivity index is 0.000000307. The summed E-state index contributed by atoms with van der Waals surface area (Å²) in [5.41, 5.74) is 3.62. The third-order valence-electron chi connectivity index (χ3n) is 7.45. The number of carboxylic acid groups (broad SMARTS) is 2. The maximum absolute atomic E-state index is 11.8. The van der Waals surface area contributed by atoms with E-state index in [2.05, 4.69) is 34.4 Å². The number of hydrogen-bond acceptors (Lipinski definition) is 6. The third-order valence-corrected chi connectivity index (χ3v) is 7.45. The van der Waals surface area contributed by atoms with Gasteiger partial charge in [-0.25, -0.2) is 0 Å². The van der Waals surface area contributed by atoms with Gasteiger partial charge in [0.05, 0.1) is 24.0 Å². The number of aromatic nitrogens is 2. The molecule has 0 saturated heterocycles. The van der Waals surface area contributed by atoms with Gasteiger partial charge in [-0.2, -0.15) is 0 Å². The number of H-pyrrole nitrogens is 2. The molecule has 0 saturated carbocycles. The summed E-state index contributed by atoms with van der Waals surface area (Å²) in [5, 5.41) is 29.6. The predicted octanol–water partition coefficient (Wildman–Crippen LogP) is 2.67. The number of amides is 2. The van der Waals surface area contributed by atoms with Gasteiger partial charge in [0.15, 0.2) is 0 Å². The van der Waals surface area contributed by atoms with Crippen LogP contribution in [0.4, 0.5) is 0 Å².